The molecule has 23 heavy (non-hydrogen) atoms. The molecule has 0 unspecified atom stereocenters. The monoisotopic (exact) mass is 315 g/mol. The van der Waals surface area contributed by atoms with Gasteiger partial charge >= 0.3 is 5.97 Å². The molecule has 2 aromatic rings. The van der Waals surface area contributed by atoms with Crippen molar-refractivity contribution in [2.24, 2.45) is 0 Å². The van der Waals surface area contributed by atoms with Gasteiger partial charge in [0.25, 0.3) is 0 Å². The van der Waals surface area contributed by atoms with Crippen molar-refractivity contribution in [1.82, 2.24) is 5.32 Å². The highest BCUT2D eigenvalue weighted by atomic mass is 19.1. The van der Waals surface area contributed by atoms with Gasteiger partial charge in [0.2, 0.25) is 5.91 Å². The van der Waals surface area contributed by atoms with E-state index < -0.39 is 29.7 Å². The minimum atomic E-state index is -1.11. The lowest BCUT2D eigenvalue weighted by molar-refractivity contribution is -0.141. The summed E-state index contributed by atoms with van der Waals surface area (Å²) in [5.41, 5.74) is 1.71. The molecule has 5 heteroatoms. The number of carbonyl (C=O) groups is 2. The number of hydrogen-bond acceptors (Lipinski definition) is 2. The van der Waals surface area contributed by atoms with Gasteiger partial charge in [-0.1, -0.05) is 42.5 Å². The summed E-state index contributed by atoms with van der Waals surface area (Å²) in [5, 5.41) is 11.2. The fourth-order valence-corrected chi connectivity index (χ4v) is 2.20. The largest absolute Gasteiger partial charge is 0.480 e. The first-order valence-corrected chi connectivity index (χ1v) is 7.28. The number of hydrogen-bond donors (Lipinski definition) is 2. The first-order chi connectivity index (χ1) is 10.9. The van der Waals surface area contributed by atoms with Crippen LogP contribution in [0.3, 0.4) is 0 Å². The smallest absolute Gasteiger partial charge is 0.325 e. The van der Waals surface area contributed by atoms with Crippen LogP contribution in [0.1, 0.15) is 25.3 Å². The maximum atomic E-state index is 14.3. The van der Waals surface area contributed by atoms with Crippen LogP contribution in [-0.4, -0.2) is 23.0 Å². The molecule has 2 atom stereocenters. The third-order valence-corrected chi connectivity index (χ3v) is 3.70. The van der Waals surface area contributed by atoms with Crippen LogP contribution in [-0.2, 0) is 9.59 Å². The normalized spacial score (nSPS) is 13.2. The van der Waals surface area contributed by atoms with Gasteiger partial charge in [0.05, 0.1) is 5.92 Å². The number of carbonyl (C=O) groups excluding carboxylic acids is 1. The van der Waals surface area contributed by atoms with Crippen LogP contribution in [0.2, 0.25) is 0 Å². The van der Waals surface area contributed by atoms with Crippen molar-refractivity contribution in [1.29, 1.82) is 0 Å². The molecule has 4 nitrogen and oxygen atoms in total. The van der Waals surface area contributed by atoms with Crippen LogP contribution in [0, 0.1) is 5.82 Å². The summed E-state index contributed by atoms with van der Waals surface area (Å²) in [5.74, 6) is -2.63. The molecule has 0 heterocycles. The predicted octanol–water partition coefficient (Wildman–Crippen LogP) is 3.19. The molecule has 0 aliphatic heterocycles. The molecule has 0 spiro atoms. The predicted molar refractivity (Wildman–Crippen MR) is 85.5 cm³/mol. The van der Waals surface area contributed by atoms with Crippen molar-refractivity contribution < 1.29 is 19.1 Å². The van der Waals surface area contributed by atoms with Gasteiger partial charge in [-0.15, -0.1) is 0 Å². The maximum Gasteiger partial charge on any atom is 0.325 e. The SMILES string of the molecule is C[C@H](NC(=O)[C@@H](C)c1ccc(-c2ccccc2)c(F)c1)C(=O)O. The van der Waals surface area contributed by atoms with Gasteiger partial charge in [-0.25, -0.2) is 4.39 Å². The van der Waals surface area contributed by atoms with E-state index in [4.69, 9.17) is 5.11 Å². The molecule has 0 bridgehead atoms. The topological polar surface area (TPSA) is 66.4 Å². The van der Waals surface area contributed by atoms with Gasteiger partial charge in [0, 0.05) is 5.56 Å². The summed E-state index contributed by atoms with van der Waals surface area (Å²) in [4.78, 5) is 22.8. The number of halogens is 1. The zero-order valence-electron chi connectivity index (χ0n) is 12.9. The van der Waals surface area contributed by atoms with Gasteiger partial charge in [-0.05, 0) is 31.0 Å². The third-order valence-electron chi connectivity index (χ3n) is 3.70. The molecule has 2 aromatic carbocycles. The lowest BCUT2D eigenvalue weighted by atomic mass is 9.96. The zero-order chi connectivity index (χ0) is 17.0. The van der Waals surface area contributed by atoms with Gasteiger partial charge < -0.3 is 10.4 Å². The first-order valence-electron chi connectivity index (χ1n) is 7.28. The minimum absolute atomic E-state index is 0.417. The maximum absolute atomic E-state index is 14.3. The fourth-order valence-electron chi connectivity index (χ4n) is 2.20. The summed E-state index contributed by atoms with van der Waals surface area (Å²) in [6, 6.07) is 12.8. The Hall–Kier alpha value is -2.69. The van der Waals surface area contributed by atoms with Gasteiger partial charge in [-0.3, -0.25) is 9.59 Å². The van der Waals surface area contributed by atoms with E-state index in [0.717, 1.165) is 5.56 Å². The highest BCUT2D eigenvalue weighted by Crippen LogP contribution is 2.26. The molecule has 1 amide bonds. The van der Waals surface area contributed by atoms with Crippen molar-refractivity contribution in [2.45, 2.75) is 25.8 Å². The van der Waals surface area contributed by atoms with E-state index in [9.17, 15) is 14.0 Å². The van der Waals surface area contributed by atoms with Crippen molar-refractivity contribution in [3.63, 3.8) is 0 Å². The molecule has 0 saturated carbocycles. The minimum Gasteiger partial charge on any atom is -0.480 e. The van der Waals surface area contributed by atoms with E-state index >= 15 is 0 Å². The molecule has 0 aromatic heterocycles. The van der Waals surface area contributed by atoms with Crippen LogP contribution in [0.15, 0.2) is 48.5 Å². The number of benzene rings is 2. The third kappa shape index (κ3) is 3.94. The van der Waals surface area contributed by atoms with E-state index in [1.165, 1.54) is 13.0 Å². The van der Waals surface area contributed by atoms with Crippen LogP contribution >= 0.6 is 0 Å². The van der Waals surface area contributed by atoms with Crippen LogP contribution in [0.5, 0.6) is 0 Å². The molecule has 0 aliphatic rings. The summed E-state index contributed by atoms with van der Waals surface area (Å²) in [6.45, 7) is 2.99. The Morgan fingerprint density at radius 3 is 2.30 bits per heavy atom. The second-order valence-corrected chi connectivity index (χ2v) is 5.40. The highest BCUT2D eigenvalue weighted by molar-refractivity contribution is 5.87. The Bertz CT molecular complexity index is 715. The van der Waals surface area contributed by atoms with Crippen molar-refractivity contribution in [2.75, 3.05) is 0 Å². The fraction of sp³-hybridized carbons (Fsp3) is 0.222. The van der Waals surface area contributed by atoms with Crippen molar-refractivity contribution in [3.05, 3.63) is 59.9 Å². The van der Waals surface area contributed by atoms with E-state index in [1.54, 1.807) is 19.1 Å². The average molecular weight is 315 g/mol. The standard InChI is InChI=1S/C18H18FNO3/c1-11(17(21)20-12(2)18(22)23)14-8-9-15(16(19)10-14)13-6-4-3-5-7-13/h3-12H,1-2H3,(H,20,21)(H,22,23)/t11-,12-/m0/s1. The molecular weight excluding hydrogens is 297 g/mol. The molecule has 2 rings (SSSR count). The molecule has 0 radical (unpaired) electrons. The lowest BCUT2D eigenvalue weighted by Gasteiger charge is -2.16. The lowest BCUT2D eigenvalue weighted by Crippen LogP contribution is -2.40. The number of nitrogens with one attached hydrogen (secondary N) is 1. The number of aliphatic carboxylic acids is 1. The highest BCUT2D eigenvalue weighted by Gasteiger charge is 2.21. The Kier molecular flexibility index (Phi) is 5.11. The molecule has 2 N–H and O–H groups in total. The number of rotatable bonds is 5. The van der Waals surface area contributed by atoms with Crippen molar-refractivity contribution in [3.8, 4) is 11.1 Å². The molecule has 0 aliphatic carbocycles. The Balaban J connectivity index is 2.20. The number of amides is 1. The Morgan fingerprint density at radius 1 is 1.09 bits per heavy atom. The average Bonchev–Trinajstić information content (AvgIpc) is 2.54. The summed E-state index contributed by atoms with van der Waals surface area (Å²) < 4.78 is 14.3. The van der Waals surface area contributed by atoms with Gasteiger partial charge in [0.15, 0.2) is 0 Å². The Labute approximate surface area is 134 Å². The van der Waals surface area contributed by atoms with Gasteiger partial charge in [-0.2, -0.15) is 0 Å². The van der Waals surface area contributed by atoms with Crippen LogP contribution in [0.25, 0.3) is 11.1 Å². The molecule has 120 valence electrons. The van der Waals surface area contributed by atoms with Gasteiger partial charge in [0.1, 0.15) is 11.9 Å². The van der Waals surface area contributed by atoms with E-state index in [2.05, 4.69) is 5.32 Å². The van der Waals surface area contributed by atoms with Crippen LogP contribution in [0.4, 0.5) is 4.39 Å². The van der Waals surface area contributed by atoms with E-state index in [-0.39, 0.29) is 0 Å². The van der Waals surface area contributed by atoms with Crippen molar-refractivity contribution >= 4 is 11.9 Å². The number of carboxylic acid groups (broad SMARTS) is 1. The summed E-state index contributed by atoms with van der Waals surface area (Å²) in [7, 11) is 0. The van der Waals surface area contributed by atoms with E-state index in [1.807, 2.05) is 30.3 Å². The second kappa shape index (κ2) is 7.05. The quantitative estimate of drug-likeness (QED) is 0.890. The summed E-state index contributed by atoms with van der Waals surface area (Å²) >= 11 is 0. The summed E-state index contributed by atoms with van der Waals surface area (Å²) in [6.07, 6.45) is 0. The number of carboxylic acids is 1. The van der Waals surface area contributed by atoms with Crippen LogP contribution < -0.4 is 5.32 Å². The molecule has 0 fully saturated rings. The second-order valence-electron chi connectivity index (χ2n) is 5.40. The van der Waals surface area contributed by atoms with E-state index in [0.29, 0.717) is 11.1 Å². The molecule has 0 saturated heterocycles. The zero-order valence-corrected chi connectivity index (χ0v) is 12.9. The first kappa shape index (κ1) is 16.7. The Morgan fingerprint density at radius 2 is 1.74 bits per heavy atom. The molecular formula is C18H18FNO3.